The normalized spacial score (nSPS) is 16.5. The van der Waals surface area contributed by atoms with Crippen LogP contribution in [0.2, 0.25) is 0 Å². The van der Waals surface area contributed by atoms with Crippen molar-refractivity contribution in [2.75, 3.05) is 6.54 Å². The van der Waals surface area contributed by atoms with Crippen molar-refractivity contribution in [2.24, 2.45) is 0 Å². The average Bonchev–Trinajstić information content (AvgIpc) is 2.73. The zero-order valence-corrected chi connectivity index (χ0v) is 19.0. The van der Waals surface area contributed by atoms with Crippen molar-refractivity contribution in [3.8, 4) is 0 Å². The molecule has 156 valence electrons. The molecule has 0 heterocycles. The number of halogens is 1. The second-order valence-corrected chi connectivity index (χ2v) is 10.3. The number of amides is 1. The van der Waals surface area contributed by atoms with E-state index in [2.05, 4.69) is 21.2 Å². The van der Waals surface area contributed by atoms with Crippen molar-refractivity contribution in [1.29, 1.82) is 0 Å². The maximum Gasteiger partial charge on any atom is 0.243 e. The second kappa shape index (κ2) is 9.87. The van der Waals surface area contributed by atoms with Gasteiger partial charge in [0, 0.05) is 10.5 Å². The van der Waals surface area contributed by atoms with Crippen molar-refractivity contribution in [1.82, 2.24) is 9.62 Å². The van der Waals surface area contributed by atoms with E-state index in [0.29, 0.717) is 0 Å². The van der Waals surface area contributed by atoms with Crippen LogP contribution in [0.4, 0.5) is 0 Å². The highest BCUT2D eigenvalue weighted by Gasteiger charge is 2.34. The van der Waals surface area contributed by atoms with E-state index in [1.807, 2.05) is 31.2 Å². The van der Waals surface area contributed by atoms with Crippen LogP contribution in [0.5, 0.6) is 0 Å². The number of hydrogen-bond donors (Lipinski definition) is 1. The summed E-state index contributed by atoms with van der Waals surface area (Å²) in [6.07, 6.45) is 4.67. The molecule has 2 aromatic rings. The highest BCUT2D eigenvalue weighted by atomic mass is 79.9. The van der Waals surface area contributed by atoms with Crippen molar-refractivity contribution in [2.45, 2.75) is 56.0 Å². The van der Waals surface area contributed by atoms with Gasteiger partial charge in [-0.3, -0.25) is 4.79 Å². The predicted octanol–water partition coefficient (Wildman–Crippen LogP) is 4.65. The molecule has 1 N–H and O–H groups in total. The molecule has 0 bridgehead atoms. The number of hydrogen-bond acceptors (Lipinski definition) is 3. The third-order valence-electron chi connectivity index (χ3n) is 5.36. The van der Waals surface area contributed by atoms with Crippen LogP contribution < -0.4 is 5.32 Å². The number of nitrogens with one attached hydrogen (secondary N) is 1. The average molecular weight is 479 g/mol. The molecule has 1 amide bonds. The van der Waals surface area contributed by atoms with Gasteiger partial charge in [0.2, 0.25) is 15.9 Å². The molecule has 1 aliphatic carbocycles. The molecule has 3 rings (SSSR count). The summed E-state index contributed by atoms with van der Waals surface area (Å²) in [7, 11) is -3.74. The van der Waals surface area contributed by atoms with Gasteiger partial charge in [0.1, 0.15) is 0 Å². The number of carbonyl (C=O) groups is 1. The SMILES string of the molecule is CC(NC(=O)CN(C1CCCCC1)S(=O)(=O)c1ccccc1)c1cccc(Br)c1. The minimum absolute atomic E-state index is 0.138. The Morgan fingerprint density at radius 1 is 1.10 bits per heavy atom. The first-order valence-electron chi connectivity index (χ1n) is 9.99. The lowest BCUT2D eigenvalue weighted by molar-refractivity contribution is -0.122. The molecular weight excluding hydrogens is 452 g/mol. The summed E-state index contributed by atoms with van der Waals surface area (Å²) in [4.78, 5) is 13.0. The molecule has 0 aliphatic heterocycles. The van der Waals surface area contributed by atoms with E-state index < -0.39 is 10.0 Å². The molecule has 1 saturated carbocycles. The van der Waals surface area contributed by atoms with Crippen LogP contribution in [0.15, 0.2) is 64.0 Å². The molecule has 0 spiro atoms. The first kappa shape index (κ1) is 22.0. The molecule has 1 unspecified atom stereocenters. The van der Waals surface area contributed by atoms with Gasteiger partial charge in [-0.1, -0.05) is 65.5 Å². The summed E-state index contributed by atoms with van der Waals surface area (Å²) in [5, 5.41) is 2.95. The molecule has 7 heteroatoms. The van der Waals surface area contributed by atoms with Crippen LogP contribution >= 0.6 is 15.9 Å². The largest absolute Gasteiger partial charge is 0.348 e. The Labute approximate surface area is 181 Å². The molecule has 29 heavy (non-hydrogen) atoms. The Morgan fingerprint density at radius 2 is 1.79 bits per heavy atom. The monoisotopic (exact) mass is 478 g/mol. The summed E-state index contributed by atoms with van der Waals surface area (Å²) < 4.78 is 29.0. The van der Waals surface area contributed by atoms with Crippen molar-refractivity contribution < 1.29 is 13.2 Å². The summed E-state index contributed by atoms with van der Waals surface area (Å²) in [6.45, 7) is 1.73. The summed E-state index contributed by atoms with van der Waals surface area (Å²) >= 11 is 3.44. The number of rotatable bonds is 7. The van der Waals surface area contributed by atoms with Gasteiger partial charge in [-0.2, -0.15) is 4.31 Å². The van der Waals surface area contributed by atoms with Crippen LogP contribution in [-0.4, -0.2) is 31.2 Å². The Hall–Kier alpha value is -1.70. The van der Waals surface area contributed by atoms with Crippen LogP contribution in [0.3, 0.4) is 0 Å². The number of carbonyl (C=O) groups excluding carboxylic acids is 1. The molecule has 2 aromatic carbocycles. The fourth-order valence-corrected chi connectivity index (χ4v) is 5.87. The Kier molecular flexibility index (Phi) is 7.49. The summed E-state index contributed by atoms with van der Waals surface area (Å²) in [5.41, 5.74) is 0.961. The van der Waals surface area contributed by atoms with E-state index in [-0.39, 0.29) is 29.4 Å². The third-order valence-corrected chi connectivity index (χ3v) is 7.76. The second-order valence-electron chi connectivity index (χ2n) is 7.50. The third kappa shape index (κ3) is 5.68. The van der Waals surface area contributed by atoms with Gasteiger partial charge >= 0.3 is 0 Å². The van der Waals surface area contributed by atoms with Crippen LogP contribution in [0.25, 0.3) is 0 Å². The lowest BCUT2D eigenvalue weighted by Gasteiger charge is -2.33. The minimum atomic E-state index is -3.74. The van der Waals surface area contributed by atoms with Crippen LogP contribution in [-0.2, 0) is 14.8 Å². The maximum absolute atomic E-state index is 13.3. The van der Waals surface area contributed by atoms with E-state index in [0.717, 1.165) is 42.1 Å². The Bertz CT molecular complexity index is 928. The molecule has 0 radical (unpaired) electrons. The van der Waals surface area contributed by atoms with Crippen molar-refractivity contribution >= 4 is 31.9 Å². The van der Waals surface area contributed by atoms with Crippen LogP contribution in [0.1, 0.15) is 50.6 Å². The first-order valence-corrected chi connectivity index (χ1v) is 12.2. The van der Waals surface area contributed by atoms with Gasteiger partial charge in [0.05, 0.1) is 17.5 Å². The van der Waals surface area contributed by atoms with Gasteiger partial charge in [0.15, 0.2) is 0 Å². The molecule has 1 fully saturated rings. The zero-order chi connectivity index (χ0) is 20.9. The van der Waals surface area contributed by atoms with Gasteiger partial charge < -0.3 is 5.32 Å². The summed E-state index contributed by atoms with van der Waals surface area (Å²) in [6, 6.07) is 15.8. The molecule has 1 atom stereocenters. The molecule has 0 saturated heterocycles. The number of nitrogens with zero attached hydrogens (tertiary/aromatic N) is 1. The highest BCUT2D eigenvalue weighted by Crippen LogP contribution is 2.28. The van der Waals surface area contributed by atoms with Gasteiger partial charge in [-0.05, 0) is 49.6 Å². The topological polar surface area (TPSA) is 66.5 Å². The van der Waals surface area contributed by atoms with Crippen LogP contribution in [0, 0.1) is 0 Å². The van der Waals surface area contributed by atoms with Gasteiger partial charge in [0.25, 0.3) is 0 Å². The summed E-state index contributed by atoms with van der Waals surface area (Å²) in [5.74, 6) is -0.289. The van der Waals surface area contributed by atoms with Crippen molar-refractivity contribution in [3.05, 3.63) is 64.6 Å². The quantitative estimate of drug-likeness (QED) is 0.629. The number of sulfonamides is 1. The van der Waals surface area contributed by atoms with E-state index >= 15 is 0 Å². The molecule has 5 nitrogen and oxygen atoms in total. The zero-order valence-electron chi connectivity index (χ0n) is 16.6. The lowest BCUT2D eigenvalue weighted by atomic mass is 9.95. The Balaban J connectivity index is 1.78. The lowest BCUT2D eigenvalue weighted by Crippen LogP contribution is -2.47. The van der Waals surface area contributed by atoms with E-state index in [4.69, 9.17) is 0 Å². The molecule has 1 aliphatic rings. The van der Waals surface area contributed by atoms with E-state index in [9.17, 15) is 13.2 Å². The van der Waals surface area contributed by atoms with E-state index in [1.54, 1.807) is 30.3 Å². The Morgan fingerprint density at radius 3 is 2.45 bits per heavy atom. The minimum Gasteiger partial charge on any atom is -0.348 e. The molecule has 0 aromatic heterocycles. The maximum atomic E-state index is 13.3. The van der Waals surface area contributed by atoms with Crippen molar-refractivity contribution in [3.63, 3.8) is 0 Å². The molecular formula is C22H27BrN2O3S. The van der Waals surface area contributed by atoms with Gasteiger partial charge in [-0.25, -0.2) is 8.42 Å². The van der Waals surface area contributed by atoms with E-state index in [1.165, 1.54) is 4.31 Å². The standard InChI is InChI=1S/C22H27BrN2O3S/c1-17(18-9-8-10-19(23)15-18)24-22(26)16-25(20-11-4-2-5-12-20)29(27,28)21-13-6-3-7-14-21/h3,6-10,13-15,17,20H,2,4-5,11-12,16H2,1H3,(H,24,26). The highest BCUT2D eigenvalue weighted by molar-refractivity contribution is 9.10. The van der Waals surface area contributed by atoms with Gasteiger partial charge in [-0.15, -0.1) is 0 Å². The fourth-order valence-electron chi connectivity index (χ4n) is 3.80. The fraction of sp³-hybridized carbons (Fsp3) is 0.409. The number of benzene rings is 2. The smallest absolute Gasteiger partial charge is 0.243 e. The predicted molar refractivity (Wildman–Crippen MR) is 118 cm³/mol. The first-order chi connectivity index (χ1) is 13.9.